The Morgan fingerprint density at radius 2 is 1.76 bits per heavy atom. The van der Waals surface area contributed by atoms with Crippen molar-refractivity contribution in [2.45, 2.75) is 76.1 Å². The van der Waals surface area contributed by atoms with E-state index in [2.05, 4.69) is 10.2 Å². The summed E-state index contributed by atoms with van der Waals surface area (Å²) in [5.41, 5.74) is 0.950. The van der Waals surface area contributed by atoms with Crippen LogP contribution in [0.25, 0.3) is 0 Å². The molecule has 4 fully saturated rings. The van der Waals surface area contributed by atoms with Gasteiger partial charge in [0.2, 0.25) is 11.8 Å². The number of hydrogen-bond donors (Lipinski definition) is 1. The van der Waals surface area contributed by atoms with E-state index in [-0.39, 0.29) is 48.6 Å². The predicted molar refractivity (Wildman–Crippen MR) is 117 cm³/mol. The first-order valence-corrected chi connectivity index (χ1v) is 12.4. The van der Waals surface area contributed by atoms with Crippen molar-refractivity contribution in [3.8, 4) is 5.75 Å². The number of imide groups is 1. The summed E-state index contributed by atoms with van der Waals surface area (Å²) in [6, 6.07) is 2.51. The Labute approximate surface area is 192 Å². The number of likely N-dealkylation sites (tertiary alicyclic amines) is 1. The van der Waals surface area contributed by atoms with Gasteiger partial charge in [0, 0.05) is 37.7 Å². The summed E-state index contributed by atoms with van der Waals surface area (Å²) in [5.74, 6) is 0.256. The number of amides is 3. The first kappa shape index (κ1) is 21.1. The third kappa shape index (κ3) is 3.82. The maximum atomic E-state index is 15.0. The Morgan fingerprint density at radius 3 is 2.52 bits per heavy atom. The van der Waals surface area contributed by atoms with Crippen LogP contribution in [0.3, 0.4) is 0 Å². The number of nitrogens with zero attached hydrogens (tertiary/aromatic N) is 2. The number of nitrogens with one attached hydrogen (secondary N) is 1. The number of halogens is 1. The molecule has 0 radical (unpaired) electrons. The summed E-state index contributed by atoms with van der Waals surface area (Å²) < 4.78 is 21.3. The van der Waals surface area contributed by atoms with Gasteiger partial charge in [0.15, 0.2) is 11.6 Å². The molecule has 33 heavy (non-hydrogen) atoms. The highest BCUT2D eigenvalue weighted by molar-refractivity contribution is 6.05. The monoisotopic (exact) mass is 455 g/mol. The largest absolute Gasteiger partial charge is 0.486 e. The van der Waals surface area contributed by atoms with Gasteiger partial charge in [-0.25, -0.2) is 4.39 Å². The Morgan fingerprint density at radius 1 is 0.970 bits per heavy atom. The summed E-state index contributed by atoms with van der Waals surface area (Å²) in [7, 11) is 0. The van der Waals surface area contributed by atoms with Crippen LogP contribution in [0.5, 0.6) is 5.75 Å². The minimum atomic E-state index is -0.705. The molecule has 8 heteroatoms. The molecule has 0 spiro atoms. The van der Waals surface area contributed by atoms with Crippen molar-refractivity contribution < 1.29 is 23.5 Å². The second kappa shape index (κ2) is 8.08. The SMILES string of the molecule is O=C1CCC(N2Cc3cc(O[C@@H]4CCCC[C@H]4N4CC(C5CC5)C4)c(F)cc3C2=O)C(=O)N1. The van der Waals surface area contributed by atoms with Crippen molar-refractivity contribution in [3.05, 3.63) is 29.1 Å². The number of ether oxygens (including phenoxy) is 1. The number of rotatable bonds is 5. The average molecular weight is 456 g/mol. The Bertz CT molecular complexity index is 1000. The normalized spacial score (nSPS) is 30.8. The van der Waals surface area contributed by atoms with Crippen LogP contribution in [0, 0.1) is 17.7 Å². The minimum Gasteiger partial charge on any atom is -0.486 e. The molecule has 176 valence electrons. The molecule has 0 aromatic heterocycles. The van der Waals surface area contributed by atoms with E-state index in [1.165, 1.54) is 30.2 Å². The van der Waals surface area contributed by atoms with Crippen LogP contribution in [-0.2, 0) is 16.1 Å². The number of carbonyl (C=O) groups excluding carboxylic acids is 3. The van der Waals surface area contributed by atoms with Crippen LogP contribution >= 0.6 is 0 Å². The van der Waals surface area contributed by atoms with Crippen molar-refractivity contribution in [1.82, 2.24) is 15.1 Å². The van der Waals surface area contributed by atoms with Crippen molar-refractivity contribution in [3.63, 3.8) is 0 Å². The first-order valence-electron chi connectivity index (χ1n) is 12.4. The van der Waals surface area contributed by atoms with Gasteiger partial charge in [-0.1, -0.05) is 6.42 Å². The molecule has 3 atom stereocenters. The van der Waals surface area contributed by atoms with Gasteiger partial charge >= 0.3 is 0 Å². The fourth-order valence-corrected chi connectivity index (χ4v) is 6.14. The lowest BCUT2D eigenvalue weighted by atomic mass is 9.85. The van der Waals surface area contributed by atoms with Gasteiger partial charge in [0.05, 0.1) is 0 Å². The Balaban J connectivity index is 1.17. The molecule has 2 saturated heterocycles. The standard InChI is InChI=1S/C25H30FN3O4/c26-18-10-17-15(13-29(25(17)32)20-7-8-23(30)27-24(20)31)9-22(18)33-21-4-2-1-3-19(21)28-11-16(12-28)14-5-6-14/h9-10,14,16,19-21H,1-8,11-13H2,(H,27,30,31)/t19-,20?,21-/m1/s1. The molecule has 1 aromatic carbocycles. The topological polar surface area (TPSA) is 79.0 Å². The minimum absolute atomic E-state index is 0.0465. The average Bonchev–Trinajstić information content (AvgIpc) is 3.54. The lowest BCUT2D eigenvalue weighted by Crippen LogP contribution is -2.58. The lowest BCUT2D eigenvalue weighted by Gasteiger charge is -2.48. The number of hydrogen-bond acceptors (Lipinski definition) is 5. The highest BCUT2D eigenvalue weighted by Gasteiger charge is 2.45. The third-order valence-electron chi connectivity index (χ3n) is 8.22. The van der Waals surface area contributed by atoms with Gasteiger partial charge in [-0.15, -0.1) is 0 Å². The van der Waals surface area contributed by atoms with Crippen molar-refractivity contribution in [2.24, 2.45) is 11.8 Å². The van der Waals surface area contributed by atoms with E-state index in [0.717, 1.165) is 44.2 Å². The molecule has 3 heterocycles. The maximum absolute atomic E-state index is 15.0. The van der Waals surface area contributed by atoms with E-state index in [1.807, 2.05) is 0 Å². The quantitative estimate of drug-likeness (QED) is 0.691. The van der Waals surface area contributed by atoms with E-state index >= 15 is 4.39 Å². The molecular weight excluding hydrogens is 425 g/mol. The molecule has 0 bridgehead atoms. The van der Waals surface area contributed by atoms with Crippen LogP contribution in [0.1, 0.15) is 67.3 Å². The fourth-order valence-electron chi connectivity index (χ4n) is 6.14. The van der Waals surface area contributed by atoms with E-state index in [9.17, 15) is 14.4 Å². The van der Waals surface area contributed by atoms with Crippen LogP contribution in [0.2, 0.25) is 0 Å². The zero-order valence-electron chi connectivity index (χ0n) is 18.7. The number of piperidine rings is 1. The number of carbonyl (C=O) groups is 3. The van der Waals surface area contributed by atoms with Gasteiger partial charge in [-0.2, -0.15) is 0 Å². The van der Waals surface area contributed by atoms with Gasteiger partial charge < -0.3 is 9.64 Å². The van der Waals surface area contributed by atoms with Gasteiger partial charge in [0.25, 0.3) is 5.91 Å². The van der Waals surface area contributed by atoms with E-state index in [1.54, 1.807) is 6.07 Å². The van der Waals surface area contributed by atoms with E-state index in [4.69, 9.17) is 4.74 Å². The van der Waals surface area contributed by atoms with E-state index in [0.29, 0.717) is 11.6 Å². The molecule has 2 saturated carbocycles. The van der Waals surface area contributed by atoms with Gasteiger partial charge in [-0.05, 0) is 68.1 Å². The van der Waals surface area contributed by atoms with Crippen LogP contribution in [0.15, 0.2) is 12.1 Å². The predicted octanol–water partition coefficient (Wildman–Crippen LogP) is 2.62. The molecular formula is C25H30FN3O4. The summed E-state index contributed by atoms with van der Waals surface area (Å²) >= 11 is 0. The second-order valence-electron chi connectivity index (χ2n) is 10.4. The Kier molecular flexibility index (Phi) is 5.16. The first-order chi connectivity index (χ1) is 16.0. The third-order valence-corrected chi connectivity index (χ3v) is 8.22. The molecule has 3 aliphatic heterocycles. The molecule has 1 aromatic rings. The zero-order valence-corrected chi connectivity index (χ0v) is 18.7. The molecule has 2 aliphatic carbocycles. The summed E-state index contributed by atoms with van der Waals surface area (Å²) in [5, 5.41) is 2.30. The van der Waals surface area contributed by atoms with Crippen LogP contribution in [0.4, 0.5) is 4.39 Å². The molecule has 6 rings (SSSR count). The summed E-state index contributed by atoms with van der Waals surface area (Å²) in [6.07, 6.45) is 7.43. The van der Waals surface area contributed by atoms with Crippen LogP contribution in [-0.4, -0.2) is 58.8 Å². The van der Waals surface area contributed by atoms with Gasteiger partial charge in [-0.3, -0.25) is 24.6 Å². The molecule has 5 aliphatic rings. The Hall–Kier alpha value is -2.48. The van der Waals surface area contributed by atoms with Crippen molar-refractivity contribution in [1.29, 1.82) is 0 Å². The number of benzene rings is 1. The number of fused-ring (bicyclic) bond motifs is 1. The van der Waals surface area contributed by atoms with Crippen LogP contribution < -0.4 is 10.1 Å². The zero-order chi connectivity index (χ0) is 22.7. The molecule has 1 N–H and O–H groups in total. The summed E-state index contributed by atoms with van der Waals surface area (Å²) in [4.78, 5) is 40.6. The highest BCUT2D eigenvalue weighted by atomic mass is 19.1. The lowest BCUT2D eigenvalue weighted by molar-refractivity contribution is -0.136. The molecule has 7 nitrogen and oxygen atoms in total. The van der Waals surface area contributed by atoms with E-state index < -0.39 is 17.8 Å². The van der Waals surface area contributed by atoms with Gasteiger partial charge in [0.1, 0.15) is 12.1 Å². The summed E-state index contributed by atoms with van der Waals surface area (Å²) in [6.45, 7) is 2.49. The maximum Gasteiger partial charge on any atom is 0.255 e. The fraction of sp³-hybridized carbons (Fsp3) is 0.640. The van der Waals surface area contributed by atoms with Crippen molar-refractivity contribution in [2.75, 3.05) is 13.1 Å². The highest BCUT2D eigenvalue weighted by Crippen LogP contribution is 2.43. The second-order valence-corrected chi connectivity index (χ2v) is 10.4. The van der Waals surface area contributed by atoms with Crippen molar-refractivity contribution >= 4 is 17.7 Å². The molecule has 1 unspecified atom stereocenters. The smallest absolute Gasteiger partial charge is 0.255 e. The molecule has 3 amide bonds.